The highest BCUT2D eigenvalue weighted by Crippen LogP contribution is 2.32. The van der Waals surface area contributed by atoms with Crippen molar-refractivity contribution >= 4 is 51.7 Å². The minimum atomic E-state index is -0.559. The molecule has 0 bridgehead atoms. The number of fused-ring (bicyclic) bond motifs is 1. The maximum Gasteiger partial charge on any atom is 0.270 e. The lowest BCUT2D eigenvalue weighted by atomic mass is 9.99. The molecule has 158 valence electrons. The van der Waals surface area contributed by atoms with Gasteiger partial charge in [0.05, 0.1) is 5.69 Å². The van der Waals surface area contributed by atoms with Crippen LogP contribution in [-0.2, 0) is 9.59 Å². The molecule has 0 atom stereocenters. The molecular weight excluding hydrogens is 420 g/mol. The second-order valence-corrected chi connectivity index (χ2v) is 7.88. The molecule has 1 fully saturated rings. The molecule has 1 aliphatic heterocycles. The molecule has 0 unspecified atom stereocenters. The Bertz CT molecular complexity index is 1330. The molecule has 0 radical (unpaired) electrons. The average Bonchev–Trinajstić information content (AvgIpc) is 2.74. The van der Waals surface area contributed by atoms with Crippen LogP contribution in [-0.4, -0.2) is 23.5 Å². The number of hydrogen-bond donors (Lipinski definition) is 1. The highest BCUT2D eigenvalue weighted by Gasteiger charge is 2.35. The first-order valence-electron chi connectivity index (χ1n) is 9.97. The zero-order valence-electron chi connectivity index (χ0n) is 17.6. The van der Waals surface area contributed by atoms with E-state index in [1.807, 2.05) is 62.4 Å². The average molecular weight is 441 g/mol. The first-order chi connectivity index (χ1) is 15.4. The molecule has 5 nitrogen and oxygen atoms in total. The molecule has 32 heavy (non-hydrogen) atoms. The van der Waals surface area contributed by atoms with Gasteiger partial charge in [-0.05, 0) is 72.2 Å². The van der Waals surface area contributed by atoms with E-state index in [4.69, 9.17) is 23.4 Å². The van der Waals surface area contributed by atoms with Crippen LogP contribution in [0.4, 0.5) is 5.69 Å². The van der Waals surface area contributed by atoms with Gasteiger partial charge in [-0.2, -0.15) is 0 Å². The summed E-state index contributed by atoms with van der Waals surface area (Å²) in [7, 11) is 0. The Balaban J connectivity index is 1.87. The van der Waals surface area contributed by atoms with Crippen molar-refractivity contribution in [2.24, 2.45) is 0 Å². The number of carbonyl (C=O) groups is 2. The Hall–Kier alpha value is -3.95. The molecule has 0 aromatic heterocycles. The van der Waals surface area contributed by atoms with E-state index < -0.39 is 11.8 Å². The van der Waals surface area contributed by atoms with Gasteiger partial charge in [-0.1, -0.05) is 42.3 Å². The van der Waals surface area contributed by atoms with E-state index in [2.05, 4.69) is 11.2 Å². The lowest BCUT2D eigenvalue weighted by molar-refractivity contribution is -0.122. The smallest absolute Gasteiger partial charge is 0.270 e. The van der Waals surface area contributed by atoms with E-state index >= 15 is 0 Å². The Kier molecular flexibility index (Phi) is 5.76. The Morgan fingerprint density at radius 1 is 1.09 bits per heavy atom. The van der Waals surface area contributed by atoms with Crippen LogP contribution >= 0.6 is 12.2 Å². The number of terminal acetylenes is 1. The lowest BCUT2D eigenvalue weighted by Crippen LogP contribution is -2.54. The van der Waals surface area contributed by atoms with Gasteiger partial charge in [0.2, 0.25) is 0 Å². The van der Waals surface area contributed by atoms with Crippen LogP contribution in [0.1, 0.15) is 16.7 Å². The number of carbonyl (C=O) groups excluding carboxylic acids is 2. The van der Waals surface area contributed by atoms with Crippen molar-refractivity contribution < 1.29 is 14.3 Å². The third-order valence-electron chi connectivity index (χ3n) is 5.10. The monoisotopic (exact) mass is 440 g/mol. The van der Waals surface area contributed by atoms with Gasteiger partial charge >= 0.3 is 0 Å². The molecule has 2 amide bonds. The van der Waals surface area contributed by atoms with Gasteiger partial charge in [0.25, 0.3) is 11.8 Å². The molecule has 1 saturated heterocycles. The Labute approximate surface area is 191 Å². The summed E-state index contributed by atoms with van der Waals surface area (Å²) in [6.45, 7) is 3.94. The Morgan fingerprint density at radius 2 is 1.81 bits per heavy atom. The number of nitrogens with one attached hydrogen (secondary N) is 1. The van der Waals surface area contributed by atoms with Crippen molar-refractivity contribution in [2.45, 2.75) is 13.8 Å². The molecule has 3 aromatic rings. The van der Waals surface area contributed by atoms with Crippen molar-refractivity contribution in [1.82, 2.24) is 5.32 Å². The van der Waals surface area contributed by atoms with Crippen LogP contribution < -0.4 is 15.0 Å². The van der Waals surface area contributed by atoms with Gasteiger partial charge in [0.15, 0.2) is 5.11 Å². The van der Waals surface area contributed by atoms with E-state index in [1.54, 1.807) is 12.1 Å². The van der Waals surface area contributed by atoms with Gasteiger partial charge in [0, 0.05) is 5.56 Å². The molecule has 1 N–H and O–H groups in total. The van der Waals surface area contributed by atoms with Gasteiger partial charge in [-0.3, -0.25) is 19.8 Å². The van der Waals surface area contributed by atoms with Crippen LogP contribution in [0.2, 0.25) is 0 Å². The predicted octanol–water partition coefficient (Wildman–Crippen LogP) is 4.30. The Morgan fingerprint density at radius 3 is 2.53 bits per heavy atom. The largest absolute Gasteiger partial charge is 0.480 e. The van der Waals surface area contributed by atoms with E-state index in [1.165, 1.54) is 4.90 Å². The quantitative estimate of drug-likeness (QED) is 0.284. The summed E-state index contributed by atoms with van der Waals surface area (Å²) >= 11 is 5.33. The standard InChI is InChI=1S/C26H20N2O3S/c1-4-11-31-23-10-9-18-7-5-6-8-20(18)21(23)15-22-24(29)27-26(32)28(25(22)30)19-13-16(2)12-17(3)14-19/h1,5-10,12-15H,11H2,2-3H3,(H,27,29,32)/b22-15+. The maximum atomic E-state index is 13.5. The van der Waals surface area contributed by atoms with E-state index in [9.17, 15) is 9.59 Å². The number of benzene rings is 3. The minimum absolute atomic E-state index is 0.0420. The minimum Gasteiger partial charge on any atom is -0.480 e. The summed E-state index contributed by atoms with van der Waals surface area (Å²) in [6.07, 6.45) is 6.90. The molecule has 6 heteroatoms. The molecule has 4 rings (SSSR count). The zero-order chi connectivity index (χ0) is 22.8. The fourth-order valence-corrected chi connectivity index (χ4v) is 4.07. The summed E-state index contributed by atoms with van der Waals surface area (Å²) < 4.78 is 5.71. The van der Waals surface area contributed by atoms with Gasteiger partial charge in [-0.15, -0.1) is 6.42 Å². The highest BCUT2D eigenvalue weighted by molar-refractivity contribution is 7.80. The summed E-state index contributed by atoms with van der Waals surface area (Å²) in [5.74, 6) is 1.87. The summed E-state index contributed by atoms with van der Waals surface area (Å²) in [6, 6.07) is 17.0. The molecule has 1 heterocycles. The first kappa shape index (κ1) is 21.3. The number of amides is 2. The molecule has 0 aliphatic carbocycles. The molecule has 3 aromatic carbocycles. The second-order valence-electron chi connectivity index (χ2n) is 7.50. The first-order valence-corrected chi connectivity index (χ1v) is 10.4. The van der Waals surface area contributed by atoms with E-state index in [0.717, 1.165) is 21.9 Å². The number of hydrogen-bond acceptors (Lipinski definition) is 4. The van der Waals surface area contributed by atoms with Crippen LogP contribution in [0.5, 0.6) is 5.75 Å². The molecule has 1 aliphatic rings. The number of rotatable bonds is 4. The van der Waals surface area contributed by atoms with Crippen LogP contribution in [0, 0.1) is 26.2 Å². The molecular formula is C26H20N2O3S. The van der Waals surface area contributed by atoms with E-state index in [0.29, 0.717) is 17.0 Å². The zero-order valence-corrected chi connectivity index (χ0v) is 18.5. The van der Waals surface area contributed by atoms with Crippen LogP contribution in [0.15, 0.2) is 60.2 Å². The number of anilines is 1. The van der Waals surface area contributed by atoms with Crippen molar-refractivity contribution in [2.75, 3.05) is 11.5 Å². The summed E-state index contributed by atoms with van der Waals surface area (Å²) in [5.41, 5.74) is 3.13. The lowest BCUT2D eigenvalue weighted by Gasteiger charge is -2.29. The molecule has 0 saturated carbocycles. The van der Waals surface area contributed by atoms with Gasteiger partial charge in [0.1, 0.15) is 17.9 Å². The number of nitrogens with zero attached hydrogens (tertiary/aromatic N) is 1. The van der Waals surface area contributed by atoms with Crippen molar-refractivity contribution in [3.8, 4) is 18.1 Å². The normalized spacial score (nSPS) is 15.1. The topological polar surface area (TPSA) is 58.6 Å². The SMILES string of the molecule is C#CCOc1ccc2ccccc2c1/C=C1\C(=O)NC(=S)N(c2cc(C)cc(C)c2)C1=O. The summed E-state index contributed by atoms with van der Waals surface area (Å²) in [5, 5.41) is 4.46. The second kappa shape index (κ2) is 8.66. The van der Waals surface area contributed by atoms with Gasteiger partial charge < -0.3 is 4.74 Å². The summed E-state index contributed by atoms with van der Waals surface area (Å²) in [4.78, 5) is 27.6. The highest BCUT2D eigenvalue weighted by atomic mass is 32.1. The fourth-order valence-electron chi connectivity index (χ4n) is 3.79. The number of aryl methyl sites for hydroxylation is 2. The predicted molar refractivity (Wildman–Crippen MR) is 130 cm³/mol. The maximum absolute atomic E-state index is 13.5. The van der Waals surface area contributed by atoms with Crippen molar-refractivity contribution in [3.63, 3.8) is 0 Å². The van der Waals surface area contributed by atoms with E-state index in [-0.39, 0.29) is 17.3 Å². The van der Waals surface area contributed by atoms with Crippen LogP contribution in [0.3, 0.4) is 0 Å². The third kappa shape index (κ3) is 3.98. The van der Waals surface area contributed by atoms with Gasteiger partial charge in [-0.25, -0.2) is 0 Å². The molecule has 0 spiro atoms. The van der Waals surface area contributed by atoms with Crippen molar-refractivity contribution in [1.29, 1.82) is 0 Å². The third-order valence-corrected chi connectivity index (χ3v) is 5.38. The van der Waals surface area contributed by atoms with Crippen molar-refractivity contribution in [3.05, 3.63) is 76.9 Å². The fraction of sp³-hybridized carbons (Fsp3) is 0.115. The van der Waals surface area contributed by atoms with Crippen LogP contribution in [0.25, 0.3) is 16.8 Å². The number of thiocarbonyl (C=S) groups is 1. The number of ether oxygens (including phenoxy) is 1.